The van der Waals surface area contributed by atoms with Gasteiger partial charge in [-0.05, 0) is 25.1 Å². The molecule has 0 bridgehead atoms. The van der Waals surface area contributed by atoms with E-state index in [1.165, 1.54) is 11.8 Å². The third-order valence-electron chi connectivity index (χ3n) is 4.29. The molecule has 1 aromatic heterocycles. The minimum atomic E-state index is -1.20. The van der Waals surface area contributed by atoms with Crippen molar-refractivity contribution in [1.82, 2.24) is 5.16 Å². The number of fused-ring (bicyclic) bond motifs is 1. The number of esters is 1. The molecule has 3 aromatic rings. The number of carbonyl (C=O) groups is 3. The molecule has 152 valence electrons. The Bertz CT molecular complexity index is 1110. The van der Waals surface area contributed by atoms with Crippen molar-refractivity contribution in [2.45, 2.75) is 17.9 Å². The molecule has 0 saturated carbocycles. The second-order valence-corrected chi connectivity index (χ2v) is 7.57. The largest absolute Gasteiger partial charge is 0.444 e. The van der Waals surface area contributed by atoms with Crippen molar-refractivity contribution < 1.29 is 23.6 Å². The number of amides is 2. The third kappa shape index (κ3) is 4.36. The average Bonchev–Trinajstić information content (AvgIpc) is 3.16. The molecule has 2 amide bonds. The summed E-state index contributed by atoms with van der Waals surface area (Å²) in [6, 6.07) is 15.1. The van der Waals surface area contributed by atoms with Crippen molar-refractivity contribution in [3.05, 3.63) is 71.5 Å². The molecule has 4 rings (SSSR count). The van der Waals surface area contributed by atoms with Gasteiger partial charge in [-0.15, -0.1) is 11.8 Å². The zero-order valence-electron chi connectivity index (χ0n) is 15.9. The molecule has 2 aromatic carbocycles. The smallest absolute Gasteiger partial charge is 0.339 e. The Balaban J connectivity index is 1.57. The first-order valence-corrected chi connectivity index (χ1v) is 10.0. The first kappa shape index (κ1) is 19.7. The minimum absolute atomic E-state index is 0.137. The van der Waals surface area contributed by atoms with Crippen LogP contribution in [-0.2, 0) is 14.3 Å². The van der Waals surface area contributed by atoms with E-state index in [4.69, 9.17) is 9.26 Å². The van der Waals surface area contributed by atoms with E-state index in [0.717, 1.165) is 4.90 Å². The number of ether oxygens (including phenoxy) is 1. The normalized spacial score (nSPS) is 13.7. The number of aryl methyl sites for hydroxylation is 1. The number of hydrogen-bond donors (Lipinski definition) is 2. The number of carbonyl (C=O) groups excluding carboxylic acids is 3. The molecule has 0 fully saturated rings. The standard InChI is InChI=1S/C21H17N3O5S/c1-12-9-17(24-29-12)23-20(26)19(13-5-3-2-4-6-13)28-21(27)14-7-8-16-15(10-14)22-18(25)11-30-16/h2-10,19H,11H2,1H3,(H,22,25)(H,23,24,26). The monoisotopic (exact) mass is 423 g/mol. The summed E-state index contributed by atoms with van der Waals surface area (Å²) in [6.07, 6.45) is -1.20. The van der Waals surface area contributed by atoms with Gasteiger partial charge in [-0.1, -0.05) is 35.5 Å². The minimum Gasteiger partial charge on any atom is -0.444 e. The SMILES string of the molecule is Cc1cc(NC(=O)C(OC(=O)c2ccc3c(c2)NC(=O)CS3)c2ccccc2)no1. The summed E-state index contributed by atoms with van der Waals surface area (Å²) in [5.41, 5.74) is 1.28. The summed E-state index contributed by atoms with van der Waals surface area (Å²) < 4.78 is 10.5. The molecule has 1 atom stereocenters. The zero-order valence-corrected chi connectivity index (χ0v) is 16.7. The van der Waals surface area contributed by atoms with Gasteiger partial charge in [-0.2, -0.15) is 0 Å². The van der Waals surface area contributed by atoms with Gasteiger partial charge in [-0.25, -0.2) is 4.79 Å². The van der Waals surface area contributed by atoms with Crippen molar-refractivity contribution in [1.29, 1.82) is 0 Å². The van der Waals surface area contributed by atoms with Crippen LogP contribution in [-0.4, -0.2) is 28.7 Å². The highest BCUT2D eigenvalue weighted by Crippen LogP contribution is 2.32. The van der Waals surface area contributed by atoms with Crippen molar-refractivity contribution in [3.8, 4) is 0 Å². The van der Waals surface area contributed by atoms with Crippen LogP contribution < -0.4 is 10.6 Å². The van der Waals surface area contributed by atoms with E-state index in [1.54, 1.807) is 61.5 Å². The summed E-state index contributed by atoms with van der Waals surface area (Å²) in [4.78, 5) is 38.1. The van der Waals surface area contributed by atoms with Crippen LogP contribution in [0.25, 0.3) is 0 Å². The fourth-order valence-electron chi connectivity index (χ4n) is 2.90. The van der Waals surface area contributed by atoms with Crippen LogP contribution in [0.4, 0.5) is 11.5 Å². The van der Waals surface area contributed by atoms with Gasteiger partial charge >= 0.3 is 5.97 Å². The highest BCUT2D eigenvalue weighted by atomic mass is 32.2. The maximum Gasteiger partial charge on any atom is 0.339 e. The second kappa shape index (κ2) is 8.42. The van der Waals surface area contributed by atoms with Gasteiger partial charge in [0.15, 0.2) is 5.82 Å². The Morgan fingerprint density at radius 2 is 2.00 bits per heavy atom. The number of hydrogen-bond acceptors (Lipinski definition) is 7. The van der Waals surface area contributed by atoms with E-state index in [1.807, 2.05) is 0 Å². The van der Waals surface area contributed by atoms with Crippen molar-refractivity contribution in [2.24, 2.45) is 0 Å². The van der Waals surface area contributed by atoms with Gasteiger partial charge < -0.3 is 19.9 Å². The molecular weight excluding hydrogens is 406 g/mol. The molecule has 8 nitrogen and oxygen atoms in total. The summed E-state index contributed by atoms with van der Waals surface area (Å²) in [6.45, 7) is 1.70. The van der Waals surface area contributed by atoms with Gasteiger partial charge in [-0.3, -0.25) is 9.59 Å². The number of thioether (sulfide) groups is 1. The number of aromatic nitrogens is 1. The number of nitrogens with one attached hydrogen (secondary N) is 2. The first-order chi connectivity index (χ1) is 14.5. The molecule has 2 heterocycles. The molecule has 2 N–H and O–H groups in total. The highest BCUT2D eigenvalue weighted by Gasteiger charge is 2.27. The molecule has 0 radical (unpaired) electrons. The van der Waals surface area contributed by atoms with Gasteiger partial charge in [0.1, 0.15) is 5.76 Å². The van der Waals surface area contributed by atoms with Gasteiger partial charge in [0.25, 0.3) is 5.91 Å². The lowest BCUT2D eigenvalue weighted by Gasteiger charge is -2.19. The summed E-state index contributed by atoms with van der Waals surface area (Å²) >= 11 is 1.39. The Kier molecular flexibility index (Phi) is 5.53. The Morgan fingerprint density at radius 1 is 1.20 bits per heavy atom. The average molecular weight is 423 g/mol. The van der Waals surface area contributed by atoms with Crippen molar-refractivity contribution in [3.63, 3.8) is 0 Å². The third-order valence-corrected chi connectivity index (χ3v) is 5.37. The van der Waals surface area contributed by atoms with E-state index < -0.39 is 18.0 Å². The van der Waals surface area contributed by atoms with Gasteiger partial charge in [0.2, 0.25) is 12.0 Å². The van der Waals surface area contributed by atoms with Crippen LogP contribution in [0.5, 0.6) is 0 Å². The summed E-state index contributed by atoms with van der Waals surface area (Å²) in [5, 5.41) is 9.06. The highest BCUT2D eigenvalue weighted by molar-refractivity contribution is 8.00. The van der Waals surface area contributed by atoms with E-state index >= 15 is 0 Å². The molecule has 1 aliphatic heterocycles. The number of anilines is 2. The fourth-order valence-corrected chi connectivity index (χ4v) is 3.69. The predicted molar refractivity (Wildman–Crippen MR) is 110 cm³/mol. The van der Waals surface area contributed by atoms with E-state index in [0.29, 0.717) is 22.8 Å². The zero-order chi connectivity index (χ0) is 21.1. The predicted octanol–water partition coefficient (Wildman–Crippen LogP) is 3.56. The molecule has 1 aliphatic rings. The molecule has 0 aliphatic carbocycles. The number of rotatable bonds is 5. The molecule has 30 heavy (non-hydrogen) atoms. The van der Waals surface area contributed by atoms with E-state index in [-0.39, 0.29) is 17.3 Å². The van der Waals surface area contributed by atoms with Crippen LogP contribution in [0.15, 0.2) is 64.0 Å². The van der Waals surface area contributed by atoms with Crippen LogP contribution in [0.3, 0.4) is 0 Å². The van der Waals surface area contributed by atoms with E-state index in [2.05, 4.69) is 15.8 Å². The lowest BCUT2D eigenvalue weighted by molar-refractivity contribution is -0.125. The van der Waals surface area contributed by atoms with Crippen LogP contribution in [0, 0.1) is 6.92 Å². The second-order valence-electron chi connectivity index (χ2n) is 6.56. The van der Waals surface area contributed by atoms with Crippen molar-refractivity contribution >= 4 is 41.1 Å². The Hall–Kier alpha value is -3.59. The Morgan fingerprint density at radius 3 is 2.73 bits per heavy atom. The van der Waals surface area contributed by atoms with E-state index in [9.17, 15) is 14.4 Å². The maximum atomic E-state index is 12.8. The van der Waals surface area contributed by atoms with Crippen LogP contribution in [0.1, 0.15) is 27.8 Å². The molecule has 9 heteroatoms. The van der Waals surface area contributed by atoms with Crippen LogP contribution >= 0.6 is 11.8 Å². The van der Waals surface area contributed by atoms with Crippen molar-refractivity contribution in [2.75, 3.05) is 16.4 Å². The quantitative estimate of drug-likeness (QED) is 0.604. The molecule has 0 saturated heterocycles. The number of nitrogens with zero attached hydrogens (tertiary/aromatic N) is 1. The summed E-state index contributed by atoms with van der Waals surface area (Å²) in [7, 11) is 0. The van der Waals surface area contributed by atoms with Crippen LogP contribution in [0.2, 0.25) is 0 Å². The molecule has 1 unspecified atom stereocenters. The Labute approximate surface area is 176 Å². The lowest BCUT2D eigenvalue weighted by Crippen LogP contribution is -2.26. The molecular formula is C21H17N3O5S. The maximum absolute atomic E-state index is 12.8. The number of benzene rings is 2. The topological polar surface area (TPSA) is 111 Å². The first-order valence-electron chi connectivity index (χ1n) is 9.06. The summed E-state index contributed by atoms with van der Waals surface area (Å²) in [5.74, 6) is -0.306. The van der Waals surface area contributed by atoms with Gasteiger partial charge in [0.05, 0.1) is 17.0 Å². The fraction of sp³-hybridized carbons (Fsp3) is 0.143. The van der Waals surface area contributed by atoms with Gasteiger partial charge in [0, 0.05) is 16.5 Å². The molecule has 0 spiro atoms. The lowest BCUT2D eigenvalue weighted by atomic mass is 10.1.